The molecule has 1 aliphatic carbocycles. The highest BCUT2D eigenvalue weighted by Crippen LogP contribution is 2.12. The Balaban J connectivity index is 2.31. The molecule has 0 unspecified atom stereocenters. The molecule has 0 fully saturated rings. The summed E-state index contributed by atoms with van der Waals surface area (Å²) in [5.41, 5.74) is 2.26. The first-order valence-corrected chi connectivity index (χ1v) is 4.13. The van der Waals surface area contributed by atoms with Gasteiger partial charge >= 0.3 is 0 Å². The fraction of sp³-hybridized carbons (Fsp3) is 0.222. The first-order chi connectivity index (χ1) is 6.36. The van der Waals surface area contributed by atoms with Crippen LogP contribution in [-0.4, -0.2) is 20.2 Å². The van der Waals surface area contributed by atoms with Crippen molar-refractivity contribution in [1.29, 1.82) is 0 Å². The molecule has 0 saturated heterocycles. The number of allylic oxidation sites excluding steroid dienone is 6. The Morgan fingerprint density at radius 3 is 3.08 bits per heavy atom. The largest absolute Gasteiger partial charge is 0.162 e. The first-order valence-electron chi connectivity index (χ1n) is 4.13. The summed E-state index contributed by atoms with van der Waals surface area (Å²) in [6.07, 6.45) is 10.5. The lowest BCUT2D eigenvalue weighted by Gasteiger charge is -1.98. The fourth-order valence-electron chi connectivity index (χ4n) is 1.16. The van der Waals surface area contributed by atoms with Gasteiger partial charge in [-0.2, -0.15) is 0 Å². The quantitative estimate of drug-likeness (QED) is 0.646. The monoisotopic (exact) mass is 174 g/mol. The molecule has 0 amide bonds. The molecule has 0 bridgehead atoms. The van der Waals surface area contributed by atoms with Gasteiger partial charge in [0, 0.05) is 6.42 Å². The highest BCUT2D eigenvalue weighted by atomic mass is 15.6. The van der Waals surface area contributed by atoms with Gasteiger partial charge in [0.1, 0.15) is 0 Å². The summed E-state index contributed by atoms with van der Waals surface area (Å²) >= 11 is 0. The minimum atomic E-state index is 0.837. The SMILES string of the molecule is CC1=CC=C(n2ncnn2)CC=C1. The number of hydrogen-bond acceptors (Lipinski definition) is 3. The molecule has 1 heterocycles. The number of hydrogen-bond donors (Lipinski definition) is 0. The average molecular weight is 174 g/mol. The fourth-order valence-corrected chi connectivity index (χ4v) is 1.16. The Hall–Kier alpha value is -1.71. The number of rotatable bonds is 1. The lowest BCUT2D eigenvalue weighted by atomic mass is 10.3. The van der Waals surface area contributed by atoms with Gasteiger partial charge in [0.15, 0.2) is 6.33 Å². The summed E-state index contributed by atoms with van der Waals surface area (Å²) in [6, 6.07) is 0. The minimum Gasteiger partial charge on any atom is -0.135 e. The Kier molecular flexibility index (Phi) is 2.04. The molecule has 1 aromatic rings. The van der Waals surface area contributed by atoms with Gasteiger partial charge in [-0.3, -0.25) is 0 Å². The van der Waals surface area contributed by atoms with E-state index in [-0.39, 0.29) is 0 Å². The van der Waals surface area contributed by atoms with Crippen molar-refractivity contribution in [2.24, 2.45) is 0 Å². The van der Waals surface area contributed by atoms with Gasteiger partial charge < -0.3 is 0 Å². The minimum absolute atomic E-state index is 0.837. The molecule has 0 spiro atoms. The Morgan fingerprint density at radius 1 is 1.38 bits per heavy atom. The van der Waals surface area contributed by atoms with Gasteiger partial charge in [-0.25, -0.2) is 0 Å². The van der Waals surface area contributed by atoms with Crippen molar-refractivity contribution in [3.63, 3.8) is 0 Å². The van der Waals surface area contributed by atoms with Crippen molar-refractivity contribution in [2.45, 2.75) is 13.3 Å². The third kappa shape index (κ3) is 1.72. The summed E-state index contributed by atoms with van der Waals surface area (Å²) in [4.78, 5) is 1.54. The Morgan fingerprint density at radius 2 is 2.31 bits per heavy atom. The molecule has 0 saturated carbocycles. The van der Waals surface area contributed by atoms with E-state index in [0.29, 0.717) is 0 Å². The van der Waals surface area contributed by atoms with Crippen molar-refractivity contribution < 1.29 is 0 Å². The molecule has 4 nitrogen and oxygen atoms in total. The molecule has 1 aliphatic rings. The zero-order valence-corrected chi connectivity index (χ0v) is 7.38. The second-order valence-corrected chi connectivity index (χ2v) is 2.90. The highest BCUT2D eigenvalue weighted by molar-refractivity contribution is 5.50. The summed E-state index contributed by atoms with van der Waals surface area (Å²) < 4.78 is 0. The van der Waals surface area contributed by atoms with Gasteiger partial charge in [-0.05, 0) is 18.2 Å². The summed E-state index contributed by atoms with van der Waals surface area (Å²) in [5, 5.41) is 11.5. The van der Waals surface area contributed by atoms with Crippen LogP contribution in [-0.2, 0) is 0 Å². The Labute approximate surface area is 76.3 Å². The molecule has 0 N–H and O–H groups in total. The van der Waals surface area contributed by atoms with E-state index in [2.05, 4.69) is 34.5 Å². The third-order valence-electron chi connectivity index (χ3n) is 1.85. The second kappa shape index (κ2) is 3.35. The highest BCUT2D eigenvalue weighted by Gasteiger charge is 2.01. The number of aromatic nitrogens is 4. The predicted molar refractivity (Wildman–Crippen MR) is 49.6 cm³/mol. The number of nitrogens with zero attached hydrogens (tertiary/aromatic N) is 4. The zero-order chi connectivity index (χ0) is 9.10. The van der Waals surface area contributed by atoms with E-state index < -0.39 is 0 Å². The Bertz CT molecular complexity index is 370. The van der Waals surface area contributed by atoms with Crippen LogP contribution in [0.3, 0.4) is 0 Å². The predicted octanol–water partition coefficient (Wildman–Crippen LogP) is 1.42. The maximum atomic E-state index is 3.97. The average Bonchev–Trinajstić information content (AvgIpc) is 2.56. The van der Waals surface area contributed by atoms with Crippen molar-refractivity contribution >= 4 is 5.70 Å². The molecule has 1 aromatic heterocycles. The molecular formula is C9H10N4. The van der Waals surface area contributed by atoms with Gasteiger partial charge in [0.2, 0.25) is 0 Å². The van der Waals surface area contributed by atoms with Crippen LogP contribution in [0.5, 0.6) is 0 Å². The van der Waals surface area contributed by atoms with Crippen LogP contribution >= 0.6 is 0 Å². The topological polar surface area (TPSA) is 43.6 Å². The maximum absolute atomic E-state index is 3.97. The van der Waals surface area contributed by atoms with E-state index in [1.54, 1.807) is 4.80 Å². The van der Waals surface area contributed by atoms with Crippen molar-refractivity contribution in [3.05, 3.63) is 36.2 Å². The van der Waals surface area contributed by atoms with Gasteiger partial charge in [0.25, 0.3) is 0 Å². The molecule has 0 atom stereocenters. The van der Waals surface area contributed by atoms with Crippen LogP contribution in [0.25, 0.3) is 5.70 Å². The number of tetrazole rings is 1. The molecule has 2 rings (SSSR count). The molecule has 0 aliphatic heterocycles. The van der Waals surface area contributed by atoms with Crippen LogP contribution in [0, 0.1) is 0 Å². The van der Waals surface area contributed by atoms with E-state index in [0.717, 1.165) is 12.1 Å². The summed E-state index contributed by atoms with van der Waals surface area (Å²) in [7, 11) is 0. The lowest BCUT2D eigenvalue weighted by molar-refractivity contribution is 0.723. The molecule has 0 aromatic carbocycles. The molecule has 66 valence electrons. The van der Waals surface area contributed by atoms with E-state index in [1.807, 2.05) is 12.2 Å². The van der Waals surface area contributed by atoms with Crippen LogP contribution in [0.15, 0.2) is 36.2 Å². The van der Waals surface area contributed by atoms with Crippen LogP contribution in [0.2, 0.25) is 0 Å². The normalized spacial score (nSPS) is 16.4. The van der Waals surface area contributed by atoms with E-state index in [4.69, 9.17) is 0 Å². The van der Waals surface area contributed by atoms with Crippen LogP contribution in [0.4, 0.5) is 0 Å². The van der Waals surface area contributed by atoms with Crippen molar-refractivity contribution in [3.8, 4) is 0 Å². The van der Waals surface area contributed by atoms with Crippen molar-refractivity contribution in [2.75, 3.05) is 0 Å². The molecule has 4 heteroatoms. The summed E-state index contributed by atoms with van der Waals surface area (Å²) in [6.45, 7) is 2.06. The van der Waals surface area contributed by atoms with Gasteiger partial charge in [0.05, 0.1) is 5.70 Å². The summed E-state index contributed by atoms with van der Waals surface area (Å²) in [5.74, 6) is 0. The van der Waals surface area contributed by atoms with Crippen molar-refractivity contribution in [1.82, 2.24) is 20.2 Å². The lowest BCUT2D eigenvalue weighted by Crippen LogP contribution is -2.00. The smallest absolute Gasteiger partial charge is 0.135 e. The standard InChI is InChI=1S/C9H10N4/c1-8-3-2-4-9(6-5-8)13-11-7-10-12-13/h2-3,5-7H,4H2,1H3. The van der Waals surface area contributed by atoms with Gasteiger partial charge in [-0.1, -0.05) is 23.8 Å². The first kappa shape index (κ1) is 7.91. The third-order valence-corrected chi connectivity index (χ3v) is 1.85. The van der Waals surface area contributed by atoms with E-state index in [9.17, 15) is 0 Å². The molecule has 13 heavy (non-hydrogen) atoms. The second-order valence-electron chi connectivity index (χ2n) is 2.90. The molecule has 0 radical (unpaired) electrons. The van der Waals surface area contributed by atoms with E-state index >= 15 is 0 Å². The zero-order valence-electron chi connectivity index (χ0n) is 7.38. The molecular weight excluding hydrogens is 164 g/mol. The van der Waals surface area contributed by atoms with Gasteiger partial charge in [-0.15, -0.1) is 15.0 Å². The van der Waals surface area contributed by atoms with Crippen LogP contribution in [0.1, 0.15) is 13.3 Å². The van der Waals surface area contributed by atoms with Crippen LogP contribution < -0.4 is 0 Å². The van der Waals surface area contributed by atoms with E-state index in [1.165, 1.54) is 11.9 Å². The maximum Gasteiger partial charge on any atom is 0.162 e.